The Morgan fingerprint density at radius 3 is 2.31 bits per heavy atom. The predicted molar refractivity (Wildman–Crippen MR) is 135 cm³/mol. The van der Waals surface area contributed by atoms with Gasteiger partial charge in [-0.3, -0.25) is 4.79 Å². The van der Waals surface area contributed by atoms with Crippen molar-refractivity contribution in [2.24, 2.45) is 0 Å². The Bertz CT molecular complexity index is 1510. The minimum Gasteiger partial charge on any atom is -0.507 e. The highest BCUT2D eigenvalue weighted by Gasteiger charge is 2.55. The highest BCUT2D eigenvalue weighted by Crippen LogP contribution is 2.37. The van der Waals surface area contributed by atoms with E-state index in [0.717, 1.165) is 30.3 Å². The molecule has 9 atom stereocenters. The molecular formula is C26H28O16. The normalized spacial score (nSPS) is 33.5. The summed E-state index contributed by atoms with van der Waals surface area (Å²) in [7, 11) is 0. The maximum atomic E-state index is 12.7. The third-order valence-electron chi connectivity index (χ3n) is 6.93. The number of hydrogen-bond donors (Lipinski definition) is 10. The summed E-state index contributed by atoms with van der Waals surface area (Å²) in [6.45, 7) is -1.07. The number of rotatable bonds is 6. The number of phenols is 3. The molecule has 2 saturated heterocycles. The van der Waals surface area contributed by atoms with Gasteiger partial charge >= 0.3 is 5.97 Å². The molecule has 0 amide bonds. The average molecular weight is 596 g/mol. The van der Waals surface area contributed by atoms with Gasteiger partial charge < -0.3 is 74.4 Å². The van der Waals surface area contributed by atoms with Crippen molar-refractivity contribution >= 4 is 11.0 Å². The molecule has 0 spiro atoms. The molecule has 3 aromatic rings. The Labute approximate surface area is 235 Å². The Hall–Kier alpha value is -3.55. The second-order valence-electron chi connectivity index (χ2n) is 9.89. The second kappa shape index (κ2) is 11.3. The van der Waals surface area contributed by atoms with Gasteiger partial charge in [-0.2, -0.15) is 0 Å². The van der Waals surface area contributed by atoms with E-state index in [1.165, 1.54) is 6.07 Å². The van der Waals surface area contributed by atoms with Crippen molar-refractivity contribution in [2.45, 2.75) is 55.0 Å². The Morgan fingerprint density at radius 1 is 0.857 bits per heavy atom. The quantitative estimate of drug-likeness (QED) is 0.104. The first-order valence-corrected chi connectivity index (χ1v) is 12.5. The molecule has 2 aliphatic rings. The standard InChI is InChI=1S/C26H28O16/c27-11-2-1-9(3-12(11)28)16-6-14(30)19-13(29)4-10(5-17(19)40-16)41-26(37)24(36)22(34)21(33)18(42-26)8-39-25-23(35)20(32)15(31)7-38-25/h1-6,15,18,20-25,27-29,31-37H,7-8H2/t15-,18-,20+,21+,22+,23+,24+,25-,26-/m0/s1. The van der Waals surface area contributed by atoms with Crippen LogP contribution in [0, 0.1) is 0 Å². The number of hydrogen-bond acceptors (Lipinski definition) is 16. The van der Waals surface area contributed by atoms with Gasteiger partial charge in [-0.05, 0) is 18.2 Å². The van der Waals surface area contributed by atoms with Gasteiger partial charge in [0.05, 0.1) is 13.2 Å². The van der Waals surface area contributed by atoms with Crippen LogP contribution in [0.5, 0.6) is 23.0 Å². The number of fused-ring (bicyclic) bond motifs is 1. The van der Waals surface area contributed by atoms with Gasteiger partial charge in [-0.15, -0.1) is 0 Å². The van der Waals surface area contributed by atoms with Crippen LogP contribution >= 0.6 is 0 Å². The van der Waals surface area contributed by atoms with Crippen molar-refractivity contribution < 1.29 is 74.4 Å². The monoisotopic (exact) mass is 596 g/mol. The van der Waals surface area contributed by atoms with Gasteiger partial charge in [0.25, 0.3) is 0 Å². The van der Waals surface area contributed by atoms with E-state index in [1.807, 2.05) is 0 Å². The molecule has 16 nitrogen and oxygen atoms in total. The third kappa shape index (κ3) is 5.48. The van der Waals surface area contributed by atoms with Crippen LogP contribution in [-0.2, 0) is 14.2 Å². The molecule has 2 aliphatic heterocycles. The van der Waals surface area contributed by atoms with Crippen molar-refractivity contribution in [2.75, 3.05) is 13.2 Å². The average Bonchev–Trinajstić information content (AvgIpc) is 2.94. The maximum absolute atomic E-state index is 12.7. The van der Waals surface area contributed by atoms with E-state index in [0.29, 0.717) is 0 Å². The molecule has 2 aromatic carbocycles. The van der Waals surface area contributed by atoms with Crippen molar-refractivity contribution in [3.63, 3.8) is 0 Å². The summed E-state index contributed by atoms with van der Waals surface area (Å²) in [4.78, 5) is 12.7. The number of aliphatic hydroxyl groups is 7. The van der Waals surface area contributed by atoms with Crippen LogP contribution in [0.2, 0.25) is 0 Å². The van der Waals surface area contributed by atoms with Crippen LogP contribution in [0.25, 0.3) is 22.3 Å². The van der Waals surface area contributed by atoms with Gasteiger partial charge in [0.1, 0.15) is 64.9 Å². The number of ether oxygens (including phenoxy) is 4. The van der Waals surface area contributed by atoms with Crippen LogP contribution in [0.3, 0.4) is 0 Å². The van der Waals surface area contributed by atoms with E-state index in [9.17, 15) is 55.9 Å². The molecule has 0 unspecified atom stereocenters. The van der Waals surface area contributed by atoms with E-state index in [4.69, 9.17) is 23.4 Å². The van der Waals surface area contributed by atoms with Crippen molar-refractivity contribution in [1.29, 1.82) is 0 Å². The summed E-state index contributed by atoms with van der Waals surface area (Å²) in [5, 5.41) is 101. The zero-order chi connectivity index (χ0) is 30.5. The topological polar surface area (TPSA) is 269 Å². The second-order valence-corrected chi connectivity index (χ2v) is 9.89. The smallest absolute Gasteiger partial charge is 0.355 e. The first-order valence-electron chi connectivity index (χ1n) is 12.5. The fourth-order valence-electron chi connectivity index (χ4n) is 4.60. The fourth-order valence-corrected chi connectivity index (χ4v) is 4.60. The molecule has 1 aromatic heterocycles. The van der Waals surface area contributed by atoms with Crippen molar-refractivity contribution in [1.82, 2.24) is 0 Å². The zero-order valence-corrected chi connectivity index (χ0v) is 21.4. The fraction of sp³-hybridized carbons (Fsp3) is 0.423. The van der Waals surface area contributed by atoms with Gasteiger partial charge in [0.15, 0.2) is 29.3 Å². The van der Waals surface area contributed by atoms with E-state index < -0.39 is 90.0 Å². The lowest BCUT2D eigenvalue weighted by Gasteiger charge is -2.45. The summed E-state index contributed by atoms with van der Waals surface area (Å²) in [5.74, 6) is -5.14. The van der Waals surface area contributed by atoms with Crippen LogP contribution in [-0.4, -0.2) is 119 Å². The molecule has 0 aliphatic carbocycles. The molecule has 16 heteroatoms. The SMILES string of the molecule is O=c1cc(-c2ccc(O)c(O)c2)oc2cc(O[C@]3(O)O[C@@H](CO[C@@H]4OC[C@H](O)[C@@H](O)[C@H]4O)[C@@H](O)[C@@H](O)[C@H]3O)cc(O)c12. The molecule has 228 valence electrons. The first-order chi connectivity index (χ1) is 19.8. The van der Waals surface area contributed by atoms with E-state index in [2.05, 4.69) is 0 Å². The summed E-state index contributed by atoms with van der Waals surface area (Å²) < 4.78 is 26.8. The molecule has 10 N–H and O–H groups in total. The van der Waals surface area contributed by atoms with Crippen molar-refractivity contribution in [3.05, 3.63) is 46.6 Å². The van der Waals surface area contributed by atoms with Crippen LogP contribution < -0.4 is 10.2 Å². The molecule has 42 heavy (non-hydrogen) atoms. The van der Waals surface area contributed by atoms with Gasteiger partial charge in [-0.1, -0.05) is 0 Å². The summed E-state index contributed by atoms with van der Waals surface area (Å²) in [6.07, 6.45) is -14.0. The summed E-state index contributed by atoms with van der Waals surface area (Å²) in [5.41, 5.74) is -0.775. The lowest BCUT2D eigenvalue weighted by Crippen LogP contribution is -2.67. The molecule has 0 saturated carbocycles. The molecular weight excluding hydrogens is 568 g/mol. The maximum Gasteiger partial charge on any atom is 0.355 e. The van der Waals surface area contributed by atoms with E-state index in [-0.39, 0.29) is 28.9 Å². The Morgan fingerprint density at radius 2 is 1.60 bits per heavy atom. The zero-order valence-electron chi connectivity index (χ0n) is 21.4. The highest BCUT2D eigenvalue weighted by atomic mass is 16.8. The lowest BCUT2D eigenvalue weighted by atomic mass is 9.97. The van der Waals surface area contributed by atoms with Gasteiger partial charge in [0, 0.05) is 23.8 Å². The summed E-state index contributed by atoms with van der Waals surface area (Å²) >= 11 is 0. The van der Waals surface area contributed by atoms with E-state index in [1.54, 1.807) is 0 Å². The van der Waals surface area contributed by atoms with Crippen LogP contribution in [0.15, 0.2) is 45.6 Å². The first kappa shape index (κ1) is 29.9. The molecule has 3 heterocycles. The van der Waals surface area contributed by atoms with Crippen molar-refractivity contribution in [3.8, 4) is 34.3 Å². The van der Waals surface area contributed by atoms with Crippen LogP contribution in [0.1, 0.15) is 0 Å². The Kier molecular flexibility index (Phi) is 8.03. The largest absolute Gasteiger partial charge is 0.507 e. The predicted octanol–water partition coefficient (Wildman–Crippen LogP) is -2.46. The third-order valence-corrected chi connectivity index (χ3v) is 6.93. The van der Waals surface area contributed by atoms with Gasteiger partial charge in [-0.25, -0.2) is 0 Å². The number of phenolic OH excluding ortho intramolecular Hbond substituents is 3. The highest BCUT2D eigenvalue weighted by molar-refractivity contribution is 5.86. The Balaban J connectivity index is 1.40. The lowest BCUT2D eigenvalue weighted by molar-refractivity contribution is -0.425. The molecule has 5 rings (SSSR count). The molecule has 0 radical (unpaired) electrons. The summed E-state index contributed by atoms with van der Waals surface area (Å²) in [6, 6.07) is 6.62. The minimum atomic E-state index is -3.07. The number of aliphatic hydroxyl groups excluding tert-OH is 6. The molecule has 0 bridgehead atoms. The minimum absolute atomic E-state index is 0.0764. The number of benzene rings is 2. The van der Waals surface area contributed by atoms with E-state index >= 15 is 0 Å². The van der Waals surface area contributed by atoms with Crippen LogP contribution in [0.4, 0.5) is 0 Å². The number of aromatic hydroxyl groups is 3. The molecule has 2 fully saturated rings. The van der Waals surface area contributed by atoms with Gasteiger partial charge in [0.2, 0.25) is 0 Å².